The molecule has 0 aliphatic carbocycles. The zero-order chi connectivity index (χ0) is 12.4. The summed E-state index contributed by atoms with van der Waals surface area (Å²) in [6.45, 7) is 4.24. The average molecular weight is 306 g/mol. The second-order valence-corrected chi connectivity index (χ2v) is 5.41. The summed E-state index contributed by atoms with van der Waals surface area (Å²) in [6.07, 6.45) is 3.08. The van der Waals surface area contributed by atoms with Crippen LogP contribution in [-0.2, 0) is 0 Å². The van der Waals surface area contributed by atoms with Crippen LogP contribution in [0.5, 0.6) is 0 Å². The number of aromatic nitrogens is 1. The molecule has 1 aromatic heterocycles. The van der Waals surface area contributed by atoms with Gasteiger partial charge in [0.05, 0.1) is 0 Å². The van der Waals surface area contributed by atoms with Crippen LogP contribution in [0.15, 0.2) is 34.9 Å². The van der Waals surface area contributed by atoms with Gasteiger partial charge in [-0.15, -0.1) is 0 Å². The van der Waals surface area contributed by atoms with Crippen LogP contribution in [-0.4, -0.2) is 31.2 Å². The van der Waals surface area contributed by atoms with Crippen molar-refractivity contribution in [2.75, 3.05) is 31.1 Å². The predicted octanol–water partition coefficient (Wildman–Crippen LogP) is 2.80. The van der Waals surface area contributed by atoms with Gasteiger partial charge in [0.2, 0.25) is 0 Å². The Morgan fingerprint density at radius 3 is 3.00 bits per heavy atom. The molecule has 0 unspecified atom stereocenters. The number of halogens is 1. The molecule has 0 saturated carbocycles. The van der Waals surface area contributed by atoms with Gasteiger partial charge in [-0.3, -0.25) is 0 Å². The topological polar surface area (TPSA) is 28.2 Å². The van der Waals surface area contributed by atoms with E-state index in [2.05, 4.69) is 55.4 Å². The highest BCUT2D eigenvalue weighted by Gasteiger charge is 2.13. The number of hydrogen-bond acceptors (Lipinski definition) is 3. The minimum atomic E-state index is 1.03. The number of benzene rings is 1. The first-order valence-electron chi connectivity index (χ1n) is 6.35. The van der Waals surface area contributed by atoms with E-state index in [0.29, 0.717) is 0 Å². The lowest BCUT2D eigenvalue weighted by Gasteiger charge is -2.22. The fourth-order valence-corrected chi connectivity index (χ4v) is 2.96. The van der Waals surface area contributed by atoms with Gasteiger partial charge in [0.1, 0.15) is 5.82 Å². The van der Waals surface area contributed by atoms with E-state index in [-0.39, 0.29) is 0 Å². The van der Waals surface area contributed by atoms with E-state index in [1.165, 1.54) is 17.2 Å². The lowest BCUT2D eigenvalue weighted by atomic mass is 10.1. The lowest BCUT2D eigenvalue weighted by Crippen LogP contribution is -2.28. The highest BCUT2D eigenvalue weighted by atomic mass is 79.9. The summed E-state index contributed by atoms with van der Waals surface area (Å²) in [4.78, 5) is 6.97. The molecule has 4 heteroatoms. The van der Waals surface area contributed by atoms with E-state index in [0.717, 1.165) is 36.5 Å². The number of nitrogens with zero attached hydrogens (tertiary/aromatic N) is 2. The van der Waals surface area contributed by atoms with Crippen molar-refractivity contribution in [2.45, 2.75) is 6.42 Å². The second kappa shape index (κ2) is 5.24. The molecule has 2 aromatic rings. The molecule has 1 aliphatic rings. The van der Waals surface area contributed by atoms with Crippen LogP contribution in [0.1, 0.15) is 6.42 Å². The Balaban J connectivity index is 2.08. The Hall–Kier alpha value is -1.13. The number of pyridine rings is 1. The number of hydrogen-bond donors (Lipinski definition) is 1. The molecule has 1 aromatic carbocycles. The average Bonchev–Trinajstić information content (AvgIpc) is 2.67. The first-order valence-corrected chi connectivity index (χ1v) is 7.14. The maximum atomic E-state index is 4.59. The maximum Gasteiger partial charge on any atom is 0.136 e. The molecule has 1 fully saturated rings. The molecule has 2 heterocycles. The van der Waals surface area contributed by atoms with Gasteiger partial charge in [0.15, 0.2) is 0 Å². The number of fused-ring (bicyclic) bond motifs is 1. The normalized spacial score (nSPS) is 16.8. The quantitative estimate of drug-likeness (QED) is 0.878. The van der Waals surface area contributed by atoms with Crippen molar-refractivity contribution < 1.29 is 0 Å². The molecule has 0 bridgehead atoms. The fraction of sp³-hybridized carbons (Fsp3) is 0.357. The molecule has 1 saturated heterocycles. The largest absolute Gasteiger partial charge is 0.355 e. The van der Waals surface area contributed by atoms with Gasteiger partial charge in [-0.05, 0) is 25.1 Å². The summed E-state index contributed by atoms with van der Waals surface area (Å²) in [5.41, 5.74) is 0. The predicted molar refractivity (Wildman–Crippen MR) is 79.1 cm³/mol. The van der Waals surface area contributed by atoms with Crippen LogP contribution < -0.4 is 10.2 Å². The highest BCUT2D eigenvalue weighted by Crippen LogP contribution is 2.29. The van der Waals surface area contributed by atoms with E-state index >= 15 is 0 Å². The molecule has 1 aliphatic heterocycles. The van der Waals surface area contributed by atoms with Gasteiger partial charge in [-0.1, -0.05) is 28.1 Å². The fourth-order valence-electron chi connectivity index (χ4n) is 2.46. The molecular formula is C14H16BrN3. The Bertz CT molecular complexity index is 548. The van der Waals surface area contributed by atoms with Crippen LogP contribution in [0.3, 0.4) is 0 Å². The Morgan fingerprint density at radius 2 is 2.06 bits per heavy atom. The van der Waals surface area contributed by atoms with E-state index < -0.39 is 0 Å². The molecule has 0 atom stereocenters. The van der Waals surface area contributed by atoms with Crippen molar-refractivity contribution in [2.24, 2.45) is 0 Å². The van der Waals surface area contributed by atoms with Crippen molar-refractivity contribution in [3.63, 3.8) is 0 Å². The third-order valence-corrected chi connectivity index (χ3v) is 4.06. The number of nitrogens with one attached hydrogen (secondary N) is 1. The zero-order valence-corrected chi connectivity index (χ0v) is 11.8. The second-order valence-electron chi connectivity index (χ2n) is 4.56. The summed E-state index contributed by atoms with van der Waals surface area (Å²) < 4.78 is 1.14. The van der Waals surface area contributed by atoms with E-state index in [1.54, 1.807) is 0 Å². The molecule has 0 amide bonds. The number of rotatable bonds is 1. The molecular weight excluding hydrogens is 290 g/mol. The Labute approximate surface area is 115 Å². The molecule has 3 nitrogen and oxygen atoms in total. The zero-order valence-electron chi connectivity index (χ0n) is 10.2. The molecule has 0 spiro atoms. The van der Waals surface area contributed by atoms with E-state index in [1.807, 2.05) is 6.20 Å². The van der Waals surface area contributed by atoms with Crippen molar-refractivity contribution >= 4 is 32.5 Å². The molecule has 94 valence electrons. The van der Waals surface area contributed by atoms with Crippen molar-refractivity contribution in [1.82, 2.24) is 10.3 Å². The summed E-state index contributed by atoms with van der Waals surface area (Å²) in [5.74, 6) is 1.11. The third kappa shape index (κ3) is 2.22. The van der Waals surface area contributed by atoms with Crippen LogP contribution >= 0.6 is 15.9 Å². The van der Waals surface area contributed by atoms with Gasteiger partial charge < -0.3 is 10.2 Å². The Kier molecular flexibility index (Phi) is 3.48. The van der Waals surface area contributed by atoms with Gasteiger partial charge >= 0.3 is 0 Å². The SMILES string of the molecule is Brc1cccc2c(N3CCCNCC3)nccc12. The minimum absolute atomic E-state index is 1.03. The summed E-state index contributed by atoms with van der Waals surface area (Å²) in [6, 6.07) is 8.38. The molecule has 3 rings (SSSR count). The Morgan fingerprint density at radius 1 is 1.11 bits per heavy atom. The summed E-state index contributed by atoms with van der Waals surface area (Å²) >= 11 is 3.61. The van der Waals surface area contributed by atoms with E-state index in [4.69, 9.17) is 0 Å². The lowest BCUT2D eigenvalue weighted by molar-refractivity contribution is 0.724. The van der Waals surface area contributed by atoms with Gasteiger partial charge in [-0.25, -0.2) is 4.98 Å². The van der Waals surface area contributed by atoms with Crippen molar-refractivity contribution in [3.05, 3.63) is 34.9 Å². The molecule has 0 radical (unpaired) electrons. The smallest absolute Gasteiger partial charge is 0.136 e. The highest BCUT2D eigenvalue weighted by molar-refractivity contribution is 9.10. The van der Waals surface area contributed by atoms with Gasteiger partial charge in [0.25, 0.3) is 0 Å². The minimum Gasteiger partial charge on any atom is -0.355 e. The molecule has 1 N–H and O–H groups in total. The van der Waals surface area contributed by atoms with Crippen LogP contribution in [0, 0.1) is 0 Å². The van der Waals surface area contributed by atoms with Crippen LogP contribution in [0.4, 0.5) is 5.82 Å². The summed E-state index contributed by atoms with van der Waals surface area (Å²) in [5, 5.41) is 5.89. The van der Waals surface area contributed by atoms with Crippen molar-refractivity contribution in [3.8, 4) is 0 Å². The monoisotopic (exact) mass is 305 g/mol. The maximum absolute atomic E-state index is 4.59. The van der Waals surface area contributed by atoms with Gasteiger partial charge in [0, 0.05) is 41.1 Å². The third-order valence-electron chi connectivity index (χ3n) is 3.37. The van der Waals surface area contributed by atoms with E-state index in [9.17, 15) is 0 Å². The standard InChI is InChI=1S/C14H16BrN3/c15-13-4-1-3-12-11(13)5-7-17-14(12)18-9-2-6-16-8-10-18/h1,3-5,7,16H,2,6,8-10H2. The molecule has 18 heavy (non-hydrogen) atoms. The number of anilines is 1. The van der Waals surface area contributed by atoms with Gasteiger partial charge in [-0.2, -0.15) is 0 Å². The van der Waals surface area contributed by atoms with Crippen LogP contribution in [0.2, 0.25) is 0 Å². The first-order chi connectivity index (χ1) is 8.86. The summed E-state index contributed by atoms with van der Waals surface area (Å²) in [7, 11) is 0. The first kappa shape index (κ1) is 11.9. The van der Waals surface area contributed by atoms with Crippen LogP contribution in [0.25, 0.3) is 10.8 Å². The van der Waals surface area contributed by atoms with Crippen molar-refractivity contribution in [1.29, 1.82) is 0 Å².